The van der Waals surface area contributed by atoms with E-state index in [2.05, 4.69) is 10.8 Å². The molecule has 110 valence electrons. The van der Waals surface area contributed by atoms with Crippen LogP contribution in [0.1, 0.15) is 31.1 Å². The van der Waals surface area contributed by atoms with E-state index in [-0.39, 0.29) is 11.5 Å². The van der Waals surface area contributed by atoms with Gasteiger partial charge in [0, 0.05) is 0 Å². The third-order valence-corrected chi connectivity index (χ3v) is 2.67. The minimum absolute atomic E-state index is 0.0950. The molecule has 1 atom stereocenters. The molecule has 0 saturated carbocycles. The van der Waals surface area contributed by atoms with Crippen LogP contribution in [0, 0.1) is 11.7 Å². The minimum atomic E-state index is -0.798. The van der Waals surface area contributed by atoms with Crippen LogP contribution in [-0.4, -0.2) is 24.5 Å². The van der Waals surface area contributed by atoms with Crippen LogP contribution in [0.15, 0.2) is 24.3 Å². The fourth-order valence-corrected chi connectivity index (χ4v) is 1.61. The average molecular weight is 282 g/mol. The zero-order valence-corrected chi connectivity index (χ0v) is 11.8. The molecule has 0 aliphatic rings. The van der Waals surface area contributed by atoms with Gasteiger partial charge in [0.2, 0.25) is 0 Å². The summed E-state index contributed by atoms with van der Waals surface area (Å²) in [6, 6.07) is 4.81. The van der Waals surface area contributed by atoms with Gasteiger partial charge in [0.1, 0.15) is 11.9 Å². The molecular formula is C14H19FN2O3. The molecule has 20 heavy (non-hydrogen) atoms. The van der Waals surface area contributed by atoms with Gasteiger partial charge in [-0.05, 0) is 25.0 Å². The summed E-state index contributed by atoms with van der Waals surface area (Å²) in [4.78, 5) is 28.6. The molecule has 0 aliphatic heterocycles. The molecular weight excluding hydrogens is 263 g/mol. The highest BCUT2D eigenvalue weighted by atomic mass is 19.1. The van der Waals surface area contributed by atoms with Crippen molar-refractivity contribution in [3.8, 4) is 0 Å². The zero-order chi connectivity index (χ0) is 15.1. The van der Waals surface area contributed by atoms with Gasteiger partial charge in [-0.3, -0.25) is 14.4 Å². The van der Waals surface area contributed by atoms with Gasteiger partial charge >= 0.3 is 0 Å². The maximum absolute atomic E-state index is 13.5. The normalized spacial score (nSPS) is 12.1. The molecule has 1 aromatic carbocycles. The van der Waals surface area contributed by atoms with Crippen LogP contribution in [0.4, 0.5) is 4.39 Å². The summed E-state index contributed by atoms with van der Waals surface area (Å²) in [6.07, 6.45) is 0. The summed E-state index contributed by atoms with van der Waals surface area (Å²) >= 11 is 0. The number of hydrogen-bond acceptors (Lipinski definition) is 3. The lowest BCUT2D eigenvalue weighted by Gasteiger charge is -2.21. The standard InChI is InChI=1S/C14H19FN2O3/c1-4-20-17-14(19)12(9(2)3)16-13(18)10-7-5-6-8-11(10)15/h5-9,12H,4H2,1-3H3,(H,16,18)(H,17,19). The second-order valence-corrected chi connectivity index (χ2v) is 4.57. The number of hydroxylamine groups is 1. The van der Waals surface area contributed by atoms with Crippen LogP contribution in [-0.2, 0) is 9.63 Å². The number of halogens is 1. The predicted molar refractivity (Wildman–Crippen MR) is 72.3 cm³/mol. The Kier molecular flexibility index (Phi) is 6.11. The largest absolute Gasteiger partial charge is 0.340 e. The second-order valence-electron chi connectivity index (χ2n) is 4.57. The number of carbonyl (C=O) groups is 2. The molecule has 5 nitrogen and oxygen atoms in total. The third kappa shape index (κ3) is 4.31. The van der Waals surface area contributed by atoms with Crippen LogP contribution in [0.5, 0.6) is 0 Å². The molecule has 1 aromatic rings. The summed E-state index contributed by atoms with van der Waals surface area (Å²) in [5.74, 6) is -1.89. The van der Waals surface area contributed by atoms with Crippen molar-refractivity contribution >= 4 is 11.8 Å². The molecule has 0 aromatic heterocycles. The fourth-order valence-electron chi connectivity index (χ4n) is 1.61. The first-order valence-electron chi connectivity index (χ1n) is 6.44. The van der Waals surface area contributed by atoms with Crippen molar-refractivity contribution in [3.63, 3.8) is 0 Å². The highest BCUT2D eigenvalue weighted by molar-refractivity contribution is 5.97. The van der Waals surface area contributed by atoms with E-state index < -0.39 is 23.7 Å². The Balaban J connectivity index is 2.78. The number of rotatable bonds is 6. The van der Waals surface area contributed by atoms with Crippen molar-refractivity contribution < 1.29 is 18.8 Å². The Bertz CT molecular complexity index is 477. The van der Waals surface area contributed by atoms with Crippen LogP contribution in [0.3, 0.4) is 0 Å². The zero-order valence-electron chi connectivity index (χ0n) is 11.8. The van der Waals surface area contributed by atoms with E-state index in [1.165, 1.54) is 18.2 Å². The summed E-state index contributed by atoms with van der Waals surface area (Å²) in [7, 11) is 0. The smallest absolute Gasteiger partial charge is 0.266 e. The maximum Gasteiger partial charge on any atom is 0.266 e. The van der Waals surface area contributed by atoms with Crippen molar-refractivity contribution in [2.24, 2.45) is 5.92 Å². The van der Waals surface area contributed by atoms with Gasteiger partial charge < -0.3 is 5.32 Å². The Morgan fingerprint density at radius 1 is 1.30 bits per heavy atom. The molecule has 0 fully saturated rings. The van der Waals surface area contributed by atoms with E-state index in [1.807, 2.05) is 0 Å². The van der Waals surface area contributed by atoms with Gasteiger partial charge in [-0.15, -0.1) is 0 Å². The first-order valence-corrected chi connectivity index (χ1v) is 6.44. The molecule has 1 unspecified atom stereocenters. The van der Waals surface area contributed by atoms with Crippen molar-refractivity contribution in [3.05, 3.63) is 35.6 Å². The number of amides is 2. The lowest BCUT2D eigenvalue weighted by atomic mass is 10.0. The first kappa shape index (κ1) is 16.1. The molecule has 2 amide bonds. The highest BCUT2D eigenvalue weighted by Gasteiger charge is 2.25. The molecule has 6 heteroatoms. The number of carbonyl (C=O) groups excluding carboxylic acids is 2. The van der Waals surface area contributed by atoms with Crippen molar-refractivity contribution in [1.82, 2.24) is 10.8 Å². The first-order chi connectivity index (χ1) is 9.47. The molecule has 0 bridgehead atoms. The van der Waals surface area contributed by atoms with E-state index in [9.17, 15) is 14.0 Å². The van der Waals surface area contributed by atoms with Gasteiger partial charge in [-0.25, -0.2) is 9.87 Å². The van der Waals surface area contributed by atoms with Gasteiger partial charge in [0.15, 0.2) is 0 Å². The number of benzene rings is 1. The molecule has 0 spiro atoms. The number of nitrogens with one attached hydrogen (secondary N) is 2. The molecule has 0 saturated heterocycles. The van der Waals surface area contributed by atoms with Crippen molar-refractivity contribution in [2.75, 3.05) is 6.61 Å². The summed E-state index contributed by atoms with van der Waals surface area (Å²) in [5, 5.41) is 2.51. The average Bonchev–Trinajstić information content (AvgIpc) is 2.42. The monoisotopic (exact) mass is 282 g/mol. The van der Waals surface area contributed by atoms with Crippen molar-refractivity contribution in [2.45, 2.75) is 26.8 Å². The summed E-state index contributed by atoms with van der Waals surface area (Å²) < 4.78 is 13.5. The third-order valence-electron chi connectivity index (χ3n) is 2.67. The maximum atomic E-state index is 13.5. The fraction of sp³-hybridized carbons (Fsp3) is 0.429. The minimum Gasteiger partial charge on any atom is -0.340 e. The van der Waals surface area contributed by atoms with E-state index in [4.69, 9.17) is 4.84 Å². The highest BCUT2D eigenvalue weighted by Crippen LogP contribution is 2.08. The summed E-state index contributed by atoms with van der Waals surface area (Å²) in [5.41, 5.74) is 2.14. The van der Waals surface area contributed by atoms with Crippen molar-refractivity contribution in [1.29, 1.82) is 0 Å². The van der Waals surface area contributed by atoms with E-state index in [0.29, 0.717) is 6.61 Å². The van der Waals surface area contributed by atoms with E-state index in [0.717, 1.165) is 0 Å². The Morgan fingerprint density at radius 2 is 1.95 bits per heavy atom. The lowest BCUT2D eigenvalue weighted by Crippen LogP contribution is -2.49. The summed E-state index contributed by atoms with van der Waals surface area (Å²) in [6.45, 7) is 5.59. The van der Waals surface area contributed by atoms with Crippen LogP contribution in [0.2, 0.25) is 0 Å². The molecule has 0 radical (unpaired) electrons. The quantitative estimate of drug-likeness (QED) is 0.780. The van der Waals surface area contributed by atoms with Crippen LogP contribution in [0.25, 0.3) is 0 Å². The Labute approximate surface area is 117 Å². The lowest BCUT2D eigenvalue weighted by molar-refractivity contribution is -0.136. The van der Waals surface area contributed by atoms with Crippen LogP contribution < -0.4 is 10.8 Å². The van der Waals surface area contributed by atoms with Gasteiger partial charge in [0.05, 0.1) is 12.2 Å². The van der Waals surface area contributed by atoms with Gasteiger partial charge in [0.25, 0.3) is 11.8 Å². The second kappa shape index (κ2) is 7.59. The molecule has 1 rings (SSSR count). The van der Waals surface area contributed by atoms with Gasteiger partial charge in [-0.2, -0.15) is 0 Å². The SMILES string of the molecule is CCONC(=O)C(NC(=O)c1ccccc1F)C(C)C. The van der Waals surface area contributed by atoms with Crippen LogP contribution >= 0.6 is 0 Å². The topological polar surface area (TPSA) is 67.4 Å². The molecule has 0 aliphatic carbocycles. The molecule has 2 N–H and O–H groups in total. The Morgan fingerprint density at radius 3 is 2.50 bits per heavy atom. The van der Waals surface area contributed by atoms with E-state index in [1.54, 1.807) is 26.8 Å². The number of hydrogen-bond donors (Lipinski definition) is 2. The predicted octanol–water partition coefficient (Wildman–Crippen LogP) is 1.65. The van der Waals surface area contributed by atoms with Gasteiger partial charge in [-0.1, -0.05) is 26.0 Å². The molecule has 0 heterocycles. The van der Waals surface area contributed by atoms with E-state index >= 15 is 0 Å². The Hall–Kier alpha value is -1.95.